The van der Waals surface area contributed by atoms with Gasteiger partial charge in [-0.3, -0.25) is 4.79 Å². The number of oxime groups is 1. The van der Waals surface area contributed by atoms with E-state index in [0.717, 1.165) is 12.1 Å². The Hall–Kier alpha value is -3.30. The molecule has 0 heterocycles. The number of amides is 1. The van der Waals surface area contributed by atoms with Crippen molar-refractivity contribution in [3.05, 3.63) is 53.6 Å². The SMILES string of the molecule is COc1cc(/C=N/OCC(=O)Nc2ccc(F)c(F)c2)ccc1OC(F)F. The highest BCUT2D eigenvalue weighted by Crippen LogP contribution is 2.28. The van der Waals surface area contributed by atoms with Crippen LogP contribution in [0.2, 0.25) is 0 Å². The maximum absolute atomic E-state index is 13.0. The molecule has 0 saturated heterocycles. The van der Waals surface area contributed by atoms with Crippen molar-refractivity contribution >= 4 is 17.8 Å². The monoisotopic (exact) mass is 386 g/mol. The van der Waals surface area contributed by atoms with Gasteiger partial charge >= 0.3 is 6.61 Å². The largest absolute Gasteiger partial charge is 0.493 e. The molecule has 0 aliphatic rings. The van der Waals surface area contributed by atoms with Crippen LogP contribution in [0.15, 0.2) is 41.6 Å². The predicted molar refractivity (Wildman–Crippen MR) is 88.2 cm³/mol. The summed E-state index contributed by atoms with van der Waals surface area (Å²) in [7, 11) is 1.29. The minimum absolute atomic E-state index is 0.0610. The van der Waals surface area contributed by atoms with Crippen LogP contribution in [0.1, 0.15) is 5.56 Å². The first kappa shape index (κ1) is 20.0. The molecule has 27 heavy (non-hydrogen) atoms. The number of anilines is 1. The second-order valence-corrected chi connectivity index (χ2v) is 4.97. The van der Waals surface area contributed by atoms with Crippen LogP contribution in [0.3, 0.4) is 0 Å². The van der Waals surface area contributed by atoms with E-state index in [2.05, 4.69) is 15.2 Å². The average molecular weight is 386 g/mol. The topological polar surface area (TPSA) is 69.2 Å². The van der Waals surface area contributed by atoms with Crippen molar-refractivity contribution in [3.8, 4) is 11.5 Å². The van der Waals surface area contributed by atoms with E-state index in [1.807, 2.05) is 0 Å². The van der Waals surface area contributed by atoms with E-state index in [1.54, 1.807) is 0 Å². The summed E-state index contributed by atoms with van der Waals surface area (Å²) in [6.07, 6.45) is 1.22. The molecule has 2 aromatic carbocycles. The van der Waals surface area contributed by atoms with Crippen molar-refractivity contribution in [1.82, 2.24) is 0 Å². The Morgan fingerprint density at radius 2 is 1.93 bits per heavy atom. The second kappa shape index (κ2) is 9.41. The van der Waals surface area contributed by atoms with Gasteiger partial charge in [-0.15, -0.1) is 0 Å². The van der Waals surface area contributed by atoms with Crippen LogP contribution in [0.5, 0.6) is 11.5 Å². The number of hydrogen-bond donors (Lipinski definition) is 1. The van der Waals surface area contributed by atoms with Crippen molar-refractivity contribution in [2.75, 3.05) is 19.0 Å². The standard InChI is InChI=1S/C17H14F4N2O4/c1-25-15-6-10(2-5-14(15)27-17(20)21)8-22-26-9-16(24)23-11-3-4-12(18)13(19)7-11/h2-8,17H,9H2,1H3,(H,23,24)/b22-8+. The molecule has 2 rings (SSSR count). The fourth-order valence-corrected chi connectivity index (χ4v) is 1.92. The molecule has 0 fully saturated rings. The number of nitrogens with one attached hydrogen (secondary N) is 1. The van der Waals surface area contributed by atoms with Gasteiger partial charge in [0.15, 0.2) is 29.7 Å². The lowest BCUT2D eigenvalue weighted by Crippen LogP contribution is -2.17. The normalized spacial score (nSPS) is 10.9. The summed E-state index contributed by atoms with van der Waals surface area (Å²) in [6.45, 7) is -3.48. The van der Waals surface area contributed by atoms with Crippen LogP contribution in [0, 0.1) is 11.6 Å². The highest BCUT2D eigenvalue weighted by Gasteiger charge is 2.10. The zero-order valence-electron chi connectivity index (χ0n) is 13.9. The van der Waals surface area contributed by atoms with Gasteiger partial charge in [0.25, 0.3) is 5.91 Å². The molecule has 1 N–H and O–H groups in total. The molecular formula is C17H14F4N2O4. The van der Waals surface area contributed by atoms with E-state index in [9.17, 15) is 22.4 Å². The molecule has 0 aliphatic carbocycles. The zero-order valence-corrected chi connectivity index (χ0v) is 13.9. The molecule has 0 aromatic heterocycles. The molecular weight excluding hydrogens is 372 g/mol. The third-order valence-corrected chi connectivity index (χ3v) is 3.08. The van der Waals surface area contributed by atoms with Gasteiger partial charge < -0.3 is 19.6 Å². The van der Waals surface area contributed by atoms with Crippen LogP contribution in [0.25, 0.3) is 0 Å². The number of benzene rings is 2. The smallest absolute Gasteiger partial charge is 0.387 e. The van der Waals surface area contributed by atoms with Gasteiger partial charge in [0.2, 0.25) is 0 Å². The van der Waals surface area contributed by atoms with Crippen molar-refractivity contribution in [1.29, 1.82) is 0 Å². The van der Waals surface area contributed by atoms with Crippen molar-refractivity contribution in [2.24, 2.45) is 5.16 Å². The van der Waals surface area contributed by atoms with Crippen LogP contribution >= 0.6 is 0 Å². The Kier molecular flexibility index (Phi) is 6.98. The van der Waals surface area contributed by atoms with Gasteiger partial charge in [-0.1, -0.05) is 5.16 Å². The van der Waals surface area contributed by atoms with Crippen molar-refractivity contribution < 1.29 is 36.7 Å². The summed E-state index contributed by atoms with van der Waals surface area (Å²) >= 11 is 0. The predicted octanol–water partition coefficient (Wildman–Crippen LogP) is 3.56. The molecule has 10 heteroatoms. The van der Waals surface area contributed by atoms with Crippen LogP contribution < -0.4 is 14.8 Å². The number of alkyl halides is 2. The first-order chi connectivity index (χ1) is 12.9. The van der Waals surface area contributed by atoms with E-state index >= 15 is 0 Å². The number of carbonyl (C=O) groups is 1. The number of hydrogen-bond acceptors (Lipinski definition) is 5. The van der Waals surface area contributed by atoms with Gasteiger partial charge in [0.1, 0.15) is 0 Å². The summed E-state index contributed by atoms with van der Waals surface area (Å²) in [5.41, 5.74) is 0.500. The molecule has 0 saturated carbocycles. The van der Waals surface area contributed by atoms with E-state index in [-0.39, 0.29) is 17.2 Å². The molecule has 6 nitrogen and oxygen atoms in total. The quantitative estimate of drug-likeness (QED) is 0.428. The molecule has 1 amide bonds. The zero-order chi connectivity index (χ0) is 19.8. The number of rotatable bonds is 8. The molecule has 0 aliphatic heterocycles. The Bertz CT molecular complexity index is 831. The molecule has 0 spiro atoms. The first-order valence-electron chi connectivity index (χ1n) is 7.42. The van der Waals surface area contributed by atoms with Crippen molar-refractivity contribution in [2.45, 2.75) is 6.61 Å². The van der Waals surface area contributed by atoms with Gasteiger partial charge in [0.05, 0.1) is 13.3 Å². The van der Waals surface area contributed by atoms with Crippen LogP contribution in [-0.4, -0.2) is 32.4 Å². The Morgan fingerprint density at radius 1 is 1.15 bits per heavy atom. The average Bonchev–Trinajstić information content (AvgIpc) is 2.62. The number of methoxy groups -OCH3 is 1. The Labute approximate surface area is 151 Å². The van der Waals surface area contributed by atoms with Gasteiger partial charge in [-0.05, 0) is 30.3 Å². The lowest BCUT2D eigenvalue weighted by molar-refractivity contribution is -0.120. The number of carbonyl (C=O) groups excluding carboxylic acids is 1. The van der Waals surface area contributed by atoms with E-state index in [0.29, 0.717) is 5.56 Å². The fourth-order valence-electron chi connectivity index (χ4n) is 1.92. The second-order valence-electron chi connectivity index (χ2n) is 4.97. The number of halogens is 4. The Balaban J connectivity index is 1.87. The van der Waals surface area contributed by atoms with E-state index < -0.39 is 30.8 Å². The maximum Gasteiger partial charge on any atom is 0.387 e. The molecule has 0 radical (unpaired) electrons. The summed E-state index contributed by atoms with van der Waals surface area (Å²) in [5, 5.41) is 5.86. The van der Waals surface area contributed by atoms with Crippen LogP contribution in [-0.2, 0) is 9.63 Å². The van der Waals surface area contributed by atoms with Gasteiger partial charge in [-0.2, -0.15) is 8.78 Å². The molecule has 0 atom stereocenters. The molecule has 144 valence electrons. The van der Waals surface area contributed by atoms with Gasteiger partial charge in [-0.25, -0.2) is 8.78 Å². The van der Waals surface area contributed by atoms with Crippen molar-refractivity contribution in [3.63, 3.8) is 0 Å². The minimum Gasteiger partial charge on any atom is -0.493 e. The summed E-state index contributed by atoms with van der Waals surface area (Å²) < 4.78 is 59.6. The molecule has 0 bridgehead atoms. The molecule has 0 unspecified atom stereocenters. The molecule has 2 aromatic rings. The summed E-state index contributed by atoms with van der Waals surface area (Å²) in [4.78, 5) is 16.4. The highest BCUT2D eigenvalue weighted by atomic mass is 19.3. The van der Waals surface area contributed by atoms with Crippen LogP contribution in [0.4, 0.5) is 23.2 Å². The summed E-state index contributed by atoms with van der Waals surface area (Å²) in [5.74, 6) is -2.85. The number of nitrogens with zero attached hydrogens (tertiary/aromatic N) is 1. The number of ether oxygens (including phenoxy) is 2. The maximum atomic E-state index is 13.0. The fraction of sp³-hybridized carbons (Fsp3) is 0.176. The third kappa shape index (κ3) is 6.17. The first-order valence-corrected chi connectivity index (χ1v) is 7.42. The van der Waals surface area contributed by atoms with Gasteiger partial charge in [0, 0.05) is 17.3 Å². The Morgan fingerprint density at radius 3 is 2.59 bits per heavy atom. The summed E-state index contributed by atoms with van der Waals surface area (Å²) in [6, 6.07) is 6.96. The third-order valence-electron chi connectivity index (χ3n) is 3.08. The van der Waals surface area contributed by atoms with E-state index in [1.165, 1.54) is 37.6 Å². The highest BCUT2D eigenvalue weighted by molar-refractivity contribution is 5.91. The van der Waals surface area contributed by atoms with E-state index in [4.69, 9.17) is 9.57 Å². The lowest BCUT2D eigenvalue weighted by Gasteiger charge is -2.09. The lowest BCUT2D eigenvalue weighted by atomic mass is 10.2. The minimum atomic E-state index is -2.99.